The Labute approximate surface area is 166 Å². The minimum absolute atomic E-state index is 0.211. The fourth-order valence-electron chi connectivity index (χ4n) is 3.01. The number of halogens is 1. The van der Waals surface area contributed by atoms with Crippen molar-refractivity contribution in [1.82, 2.24) is 24.1 Å². The molecule has 142 valence electrons. The van der Waals surface area contributed by atoms with Gasteiger partial charge in [0.15, 0.2) is 0 Å². The topological polar surface area (TPSA) is 66.9 Å². The molecular formula is C20H18ClN5O2. The Morgan fingerprint density at radius 3 is 2.46 bits per heavy atom. The molecule has 4 aromatic rings. The maximum absolute atomic E-state index is 12.4. The Balaban J connectivity index is 1.62. The first-order valence-corrected chi connectivity index (χ1v) is 9.06. The van der Waals surface area contributed by atoms with Gasteiger partial charge in [0, 0.05) is 12.6 Å². The van der Waals surface area contributed by atoms with Crippen LogP contribution in [0.25, 0.3) is 11.4 Å². The molecule has 2 aromatic carbocycles. The van der Waals surface area contributed by atoms with Crippen LogP contribution in [0.15, 0.2) is 65.6 Å². The van der Waals surface area contributed by atoms with Crippen LogP contribution >= 0.6 is 11.6 Å². The summed E-state index contributed by atoms with van der Waals surface area (Å²) in [7, 11) is 1.63. The van der Waals surface area contributed by atoms with Gasteiger partial charge in [-0.05, 0) is 25.1 Å². The quantitative estimate of drug-likeness (QED) is 0.520. The highest BCUT2D eigenvalue weighted by Gasteiger charge is 2.15. The number of rotatable bonds is 5. The van der Waals surface area contributed by atoms with Crippen molar-refractivity contribution in [3.8, 4) is 17.3 Å². The van der Waals surface area contributed by atoms with Crippen molar-refractivity contribution in [3.63, 3.8) is 0 Å². The lowest BCUT2D eigenvalue weighted by Crippen LogP contribution is -2.23. The Bertz CT molecular complexity index is 1180. The first-order chi connectivity index (χ1) is 13.5. The van der Waals surface area contributed by atoms with Crippen LogP contribution in [0.3, 0.4) is 0 Å². The van der Waals surface area contributed by atoms with Gasteiger partial charge in [-0.2, -0.15) is 5.10 Å². The van der Waals surface area contributed by atoms with Gasteiger partial charge in [0.1, 0.15) is 17.5 Å². The molecule has 0 fully saturated rings. The standard InChI is InChI=1S/C20H18ClN5O2/c1-14-22-24(2)20(27)26(14)18-11-7-6-8-15(18)13-28-19-17(21)12-25(23-19)16-9-4-3-5-10-16/h3-12H,13H2,1-2H3. The third-order valence-corrected chi connectivity index (χ3v) is 4.60. The fraction of sp³-hybridized carbons (Fsp3) is 0.150. The van der Waals surface area contributed by atoms with E-state index in [1.165, 1.54) is 4.68 Å². The monoisotopic (exact) mass is 395 g/mol. The first kappa shape index (κ1) is 18.1. The third-order valence-electron chi connectivity index (χ3n) is 4.34. The van der Waals surface area contributed by atoms with Gasteiger partial charge >= 0.3 is 5.69 Å². The lowest BCUT2D eigenvalue weighted by molar-refractivity contribution is 0.291. The molecule has 0 aliphatic carbocycles. The maximum atomic E-state index is 12.4. The number of aryl methyl sites for hydroxylation is 2. The number of ether oxygens (including phenoxy) is 1. The Morgan fingerprint density at radius 1 is 1.04 bits per heavy atom. The number of hydrogen-bond donors (Lipinski definition) is 0. The van der Waals surface area contributed by atoms with Crippen LogP contribution in [-0.4, -0.2) is 24.1 Å². The molecule has 0 saturated carbocycles. The molecular weight excluding hydrogens is 378 g/mol. The number of para-hydroxylation sites is 2. The van der Waals surface area contributed by atoms with E-state index in [9.17, 15) is 4.79 Å². The van der Waals surface area contributed by atoms with Crippen molar-refractivity contribution >= 4 is 11.6 Å². The second-order valence-corrected chi connectivity index (χ2v) is 6.68. The van der Waals surface area contributed by atoms with Gasteiger partial charge in [-0.15, -0.1) is 5.10 Å². The van der Waals surface area contributed by atoms with Crippen LogP contribution in [0, 0.1) is 6.92 Å². The summed E-state index contributed by atoms with van der Waals surface area (Å²) >= 11 is 6.29. The minimum Gasteiger partial charge on any atom is -0.471 e. The minimum atomic E-state index is -0.212. The Morgan fingerprint density at radius 2 is 1.75 bits per heavy atom. The third kappa shape index (κ3) is 3.32. The van der Waals surface area contributed by atoms with Gasteiger partial charge in [0.05, 0.1) is 17.6 Å². The maximum Gasteiger partial charge on any atom is 0.350 e. The molecule has 7 nitrogen and oxygen atoms in total. The van der Waals surface area contributed by atoms with Crippen LogP contribution in [0.5, 0.6) is 5.88 Å². The van der Waals surface area contributed by atoms with E-state index in [-0.39, 0.29) is 12.3 Å². The highest BCUT2D eigenvalue weighted by Crippen LogP contribution is 2.25. The summed E-state index contributed by atoms with van der Waals surface area (Å²) in [5, 5.41) is 9.01. The zero-order valence-electron chi connectivity index (χ0n) is 15.4. The smallest absolute Gasteiger partial charge is 0.350 e. The van der Waals surface area contributed by atoms with E-state index >= 15 is 0 Å². The van der Waals surface area contributed by atoms with Gasteiger partial charge in [-0.3, -0.25) is 0 Å². The summed E-state index contributed by atoms with van der Waals surface area (Å²) in [6, 6.07) is 17.2. The highest BCUT2D eigenvalue weighted by molar-refractivity contribution is 6.31. The van der Waals surface area contributed by atoms with Gasteiger partial charge in [-0.25, -0.2) is 18.7 Å². The average molecular weight is 396 g/mol. The predicted octanol–water partition coefficient (Wildman–Crippen LogP) is 3.30. The molecule has 8 heteroatoms. The van der Waals surface area contributed by atoms with E-state index < -0.39 is 0 Å². The lowest BCUT2D eigenvalue weighted by atomic mass is 10.2. The van der Waals surface area contributed by atoms with Crippen molar-refractivity contribution in [2.45, 2.75) is 13.5 Å². The van der Waals surface area contributed by atoms with Gasteiger partial charge in [-0.1, -0.05) is 48.0 Å². The molecule has 0 radical (unpaired) electrons. The summed E-state index contributed by atoms with van der Waals surface area (Å²) in [5.41, 5.74) is 2.22. The summed E-state index contributed by atoms with van der Waals surface area (Å²) in [6.45, 7) is 2.00. The van der Waals surface area contributed by atoms with Crippen molar-refractivity contribution in [2.75, 3.05) is 0 Å². The molecule has 0 N–H and O–H groups in total. The molecule has 0 amide bonds. The van der Waals surface area contributed by atoms with Gasteiger partial charge in [0.25, 0.3) is 5.88 Å². The molecule has 0 bridgehead atoms. The van der Waals surface area contributed by atoms with Crippen molar-refractivity contribution in [1.29, 1.82) is 0 Å². The summed E-state index contributed by atoms with van der Waals surface area (Å²) in [5.74, 6) is 0.932. The van der Waals surface area contributed by atoms with Crippen molar-refractivity contribution in [3.05, 3.63) is 87.7 Å². The van der Waals surface area contributed by atoms with Gasteiger partial charge < -0.3 is 4.74 Å². The molecule has 28 heavy (non-hydrogen) atoms. The summed E-state index contributed by atoms with van der Waals surface area (Å²) < 4.78 is 10.4. The summed E-state index contributed by atoms with van der Waals surface area (Å²) in [6.07, 6.45) is 1.70. The normalized spacial score (nSPS) is 11.0. The lowest BCUT2D eigenvalue weighted by Gasteiger charge is -2.11. The van der Waals surface area contributed by atoms with E-state index in [4.69, 9.17) is 16.3 Å². The van der Waals surface area contributed by atoms with E-state index in [2.05, 4.69) is 10.2 Å². The number of aromatic nitrogens is 5. The SMILES string of the molecule is Cc1nn(C)c(=O)n1-c1ccccc1COc1nn(-c2ccccc2)cc1Cl. The number of hydrogen-bond acceptors (Lipinski definition) is 4. The molecule has 0 aliphatic rings. The second-order valence-electron chi connectivity index (χ2n) is 6.27. The van der Waals surface area contributed by atoms with Crippen molar-refractivity contribution in [2.24, 2.45) is 7.05 Å². The largest absolute Gasteiger partial charge is 0.471 e. The van der Waals surface area contributed by atoms with E-state index in [0.29, 0.717) is 16.7 Å². The average Bonchev–Trinajstić information content (AvgIpc) is 3.20. The molecule has 0 saturated heterocycles. The Hall–Kier alpha value is -3.32. The molecule has 0 unspecified atom stereocenters. The molecule has 0 aliphatic heterocycles. The van der Waals surface area contributed by atoms with Crippen LogP contribution in [-0.2, 0) is 13.7 Å². The number of nitrogens with zero attached hydrogens (tertiary/aromatic N) is 5. The van der Waals surface area contributed by atoms with Crippen LogP contribution < -0.4 is 10.4 Å². The van der Waals surface area contributed by atoms with E-state index in [0.717, 1.165) is 16.9 Å². The van der Waals surface area contributed by atoms with Gasteiger partial charge in [0.2, 0.25) is 0 Å². The Kier molecular flexibility index (Phi) is 4.75. The second kappa shape index (κ2) is 7.36. The van der Waals surface area contributed by atoms with Crippen molar-refractivity contribution < 1.29 is 4.74 Å². The van der Waals surface area contributed by atoms with E-state index in [1.54, 1.807) is 29.4 Å². The van der Waals surface area contributed by atoms with Crippen LogP contribution in [0.4, 0.5) is 0 Å². The highest BCUT2D eigenvalue weighted by atomic mass is 35.5. The molecule has 4 rings (SSSR count). The summed E-state index contributed by atoms with van der Waals surface area (Å²) in [4.78, 5) is 12.4. The fourth-order valence-corrected chi connectivity index (χ4v) is 3.19. The van der Waals surface area contributed by atoms with Crippen LogP contribution in [0.1, 0.15) is 11.4 Å². The van der Waals surface area contributed by atoms with E-state index in [1.807, 2.05) is 54.6 Å². The molecule has 0 spiro atoms. The predicted molar refractivity (Wildman–Crippen MR) is 106 cm³/mol. The first-order valence-electron chi connectivity index (χ1n) is 8.69. The molecule has 0 atom stereocenters. The van der Waals surface area contributed by atoms with Crippen LogP contribution in [0.2, 0.25) is 5.02 Å². The molecule has 2 aromatic heterocycles. The zero-order valence-corrected chi connectivity index (χ0v) is 16.2. The number of benzene rings is 2. The molecule has 2 heterocycles. The zero-order chi connectivity index (χ0) is 19.7.